The number of ketones is 2. The highest BCUT2D eigenvalue weighted by atomic mass is 32.1. The Bertz CT molecular complexity index is 1840. The van der Waals surface area contributed by atoms with E-state index in [1.807, 2.05) is 68.4 Å². The minimum atomic E-state index is -2.64. The van der Waals surface area contributed by atoms with Crippen LogP contribution in [-0.4, -0.2) is 114 Å². The van der Waals surface area contributed by atoms with Crippen molar-refractivity contribution in [3.63, 3.8) is 0 Å². The second-order valence-corrected chi connectivity index (χ2v) is 17.6. The predicted octanol–water partition coefficient (Wildman–Crippen LogP) is 5.72. The lowest BCUT2D eigenvalue weighted by atomic mass is 9.72. The van der Waals surface area contributed by atoms with Gasteiger partial charge in [-0.25, -0.2) is 9.18 Å². The number of hydrogen-bond acceptors (Lipinski definition) is 12. The number of esters is 1. The predicted molar refractivity (Wildman–Crippen MR) is 212 cm³/mol. The van der Waals surface area contributed by atoms with Crippen LogP contribution >= 0.6 is 11.3 Å². The molecule has 5 rings (SSSR count). The summed E-state index contributed by atoms with van der Waals surface area (Å²) in [6, 6.07) is 12.2. The Morgan fingerprint density at radius 2 is 1.70 bits per heavy atom. The zero-order valence-electron chi connectivity index (χ0n) is 34.5. The maximum Gasteiger partial charge on any atom is 0.408 e. The second-order valence-electron chi connectivity index (χ2n) is 16.5. The molecule has 1 aromatic heterocycles. The fourth-order valence-corrected chi connectivity index (χ4v) is 9.53. The van der Waals surface area contributed by atoms with Crippen molar-refractivity contribution in [2.45, 2.75) is 134 Å². The van der Waals surface area contributed by atoms with Gasteiger partial charge in [0.25, 0.3) is 0 Å². The maximum atomic E-state index is 17.5. The van der Waals surface area contributed by atoms with Crippen molar-refractivity contribution in [1.29, 1.82) is 0 Å². The third-order valence-corrected chi connectivity index (χ3v) is 12.8. The summed E-state index contributed by atoms with van der Waals surface area (Å²) in [4.78, 5) is 58.9. The van der Waals surface area contributed by atoms with Gasteiger partial charge in [0.05, 0.1) is 28.7 Å². The topological polar surface area (TPSA) is 150 Å². The number of aliphatic hydroxyl groups excluding tert-OH is 1. The molecule has 1 aromatic carbocycles. The van der Waals surface area contributed by atoms with Crippen LogP contribution < -0.4 is 5.32 Å². The number of Topliss-reactive ketones (excluding diaryl/α,β-unsaturated/α-hetero) is 2. The summed E-state index contributed by atoms with van der Waals surface area (Å²) in [7, 11) is 3.64. The number of rotatable bonds is 7. The third kappa shape index (κ3) is 9.45. The number of hydrogen-bond donors (Lipinski definition) is 2. The van der Waals surface area contributed by atoms with Crippen LogP contribution in [0, 0.1) is 29.6 Å². The van der Waals surface area contributed by atoms with E-state index in [2.05, 4.69) is 17.2 Å². The minimum absolute atomic E-state index is 0.165. The number of likely N-dealkylation sites (N-methyl/N-ethyl adjacent to an activating group) is 1. The van der Waals surface area contributed by atoms with Gasteiger partial charge in [-0.1, -0.05) is 62.9 Å². The number of alkyl carbamates (subject to hydrolysis) is 1. The lowest BCUT2D eigenvalue weighted by Gasteiger charge is -2.47. The fourth-order valence-electron chi connectivity index (χ4n) is 8.64. The van der Waals surface area contributed by atoms with Gasteiger partial charge in [-0.15, -0.1) is 11.3 Å². The number of fused-ring (bicyclic) bond motifs is 1. The van der Waals surface area contributed by atoms with Crippen LogP contribution in [0.4, 0.5) is 9.18 Å². The summed E-state index contributed by atoms with van der Waals surface area (Å²) in [5.41, 5.74) is -4.96. The number of alkyl halides is 1. The molecule has 2 N–H and O–H groups in total. The van der Waals surface area contributed by atoms with Crippen LogP contribution in [0.5, 0.6) is 0 Å². The number of nitrogens with one attached hydrogen (secondary N) is 1. The monoisotopic (exact) mass is 812 g/mol. The Balaban J connectivity index is 1.58. The number of nitrogens with zero attached hydrogens (tertiary/aromatic N) is 1. The molecule has 57 heavy (non-hydrogen) atoms. The molecule has 0 bridgehead atoms. The molecule has 3 aliphatic heterocycles. The first-order valence-corrected chi connectivity index (χ1v) is 20.4. The Morgan fingerprint density at radius 3 is 2.35 bits per heavy atom. The average Bonchev–Trinajstić information content (AvgIpc) is 3.77. The van der Waals surface area contributed by atoms with Crippen molar-refractivity contribution in [3.05, 3.63) is 47.3 Å². The van der Waals surface area contributed by atoms with Crippen molar-refractivity contribution in [3.8, 4) is 22.3 Å². The smallest absolute Gasteiger partial charge is 0.408 e. The quantitative estimate of drug-likeness (QED) is 0.201. The van der Waals surface area contributed by atoms with Crippen molar-refractivity contribution >= 4 is 35.0 Å². The highest BCUT2D eigenvalue weighted by Gasteiger charge is 2.59. The number of thiophene rings is 1. The van der Waals surface area contributed by atoms with Gasteiger partial charge >= 0.3 is 12.1 Å². The number of aliphatic hydroxyl groups is 1. The molecule has 0 saturated carbocycles. The van der Waals surface area contributed by atoms with Gasteiger partial charge in [-0.3, -0.25) is 14.4 Å². The van der Waals surface area contributed by atoms with E-state index in [0.717, 1.165) is 22.2 Å². The van der Waals surface area contributed by atoms with Crippen LogP contribution in [0.3, 0.4) is 0 Å². The molecule has 0 radical (unpaired) electrons. The Labute approximate surface area is 339 Å². The molecule has 3 saturated heterocycles. The molecular formula is C43H57FN2O10S. The van der Waals surface area contributed by atoms with E-state index in [4.69, 9.17) is 23.7 Å². The number of amides is 1. The molecule has 3 aliphatic rings. The standard InChI is InChI=1S/C43H57FN2O10S/c1-11-32-43(8)35(45-40(51)56-43)27(5)36(49)41(6,44)23-42(7,52-21-15-18-29-19-20-31(57-29)28-16-13-12-14-17-28)37(25(3)33(47)26(4)38(50)54-32)55-39-34(48)30(46(9)10)22-24(2)53-39/h12-14,16-17,19-20,24-27,30,32,34-35,37,39,48H,11,21-23H2,1-10H3,(H,45,51)/t24-,25+,26-,27-,30+,32-,34-,35+,37-,39+,41+,42-,43-/m1/s1. The van der Waals surface area contributed by atoms with Crippen LogP contribution in [-0.2, 0) is 38.1 Å². The first kappa shape index (κ1) is 44.4. The molecule has 1 amide bonds. The van der Waals surface area contributed by atoms with Crippen molar-refractivity contribution in [2.75, 3.05) is 20.7 Å². The van der Waals surface area contributed by atoms with E-state index < -0.39 is 95.3 Å². The Kier molecular flexibility index (Phi) is 13.7. The zero-order valence-corrected chi connectivity index (χ0v) is 35.3. The summed E-state index contributed by atoms with van der Waals surface area (Å²) in [5, 5.41) is 14.2. The molecule has 0 unspecified atom stereocenters. The lowest BCUT2D eigenvalue weighted by molar-refractivity contribution is -0.297. The number of carbonyl (C=O) groups is 4. The Morgan fingerprint density at radius 1 is 1.02 bits per heavy atom. The second kappa shape index (κ2) is 17.6. The first-order chi connectivity index (χ1) is 26.7. The van der Waals surface area contributed by atoms with E-state index in [9.17, 15) is 24.3 Å². The zero-order chi connectivity index (χ0) is 42.0. The normalized spacial score (nSPS) is 38.0. The summed E-state index contributed by atoms with van der Waals surface area (Å²) < 4.78 is 48.3. The van der Waals surface area contributed by atoms with Crippen LogP contribution in [0.25, 0.3) is 10.4 Å². The van der Waals surface area contributed by atoms with Gasteiger partial charge in [-0.2, -0.15) is 0 Å². The number of benzene rings is 1. The fraction of sp³-hybridized carbons (Fsp3) is 0.628. The SMILES string of the molecule is CC[C@H]1OC(=O)[C@H](C)C(=O)[C@H](C)[C@@H](O[C@@H]2O[C@H](C)C[C@H](N(C)C)[C@H]2O)[C@](C)(OCC#Cc2ccc(-c3ccccc3)s2)C[C@](C)(F)C(=O)[C@H](C)[C@@H]2NC(=O)O[C@]12C. The molecule has 3 fully saturated rings. The van der Waals surface area contributed by atoms with E-state index in [-0.39, 0.29) is 25.2 Å². The molecule has 0 spiro atoms. The van der Waals surface area contributed by atoms with E-state index >= 15 is 4.39 Å². The summed E-state index contributed by atoms with van der Waals surface area (Å²) >= 11 is 1.49. The molecule has 4 heterocycles. The third-order valence-electron chi connectivity index (χ3n) is 11.8. The molecular weight excluding hydrogens is 756 g/mol. The molecule has 2 aromatic rings. The van der Waals surface area contributed by atoms with E-state index in [0.29, 0.717) is 6.42 Å². The van der Waals surface area contributed by atoms with Crippen LogP contribution in [0.2, 0.25) is 0 Å². The molecule has 0 aliphatic carbocycles. The van der Waals surface area contributed by atoms with Crippen molar-refractivity contribution in [1.82, 2.24) is 10.2 Å². The minimum Gasteiger partial charge on any atom is -0.458 e. The molecule has 14 heteroatoms. The van der Waals surface area contributed by atoms with Gasteiger partial charge in [-0.05, 0) is 79.3 Å². The van der Waals surface area contributed by atoms with Gasteiger partial charge in [0.15, 0.2) is 29.1 Å². The van der Waals surface area contributed by atoms with Crippen molar-refractivity contribution < 1.29 is 52.4 Å². The van der Waals surface area contributed by atoms with E-state index in [1.165, 1.54) is 46.0 Å². The average molecular weight is 813 g/mol. The Hall–Kier alpha value is -3.71. The van der Waals surface area contributed by atoms with Gasteiger partial charge in [0, 0.05) is 29.2 Å². The molecule has 13 atom stereocenters. The number of ether oxygens (including phenoxy) is 5. The van der Waals surface area contributed by atoms with Crippen molar-refractivity contribution in [2.24, 2.45) is 17.8 Å². The first-order valence-electron chi connectivity index (χ1n) is 19.6. The van der Waals surface area contributed by atoms with Gasteiger partial charge < -0.3 is 39.0 Å². The van der Waals surface area contributed by atoms with Crippen LogP contribution in [0.1, 0.15) is 79.5 Å². The van der Waals surface area contributed by atoms with Gasteiger partial charge in [0.2, 0.25) is 0 Å². The highest BCUT2D eigenvalue weighted by molar-refractivity contribution is 7.16. The molecule has 12 nitrogen and oxygen atoms in total. The van der Waals surface area contributed by atoms with Gasteiger partial charge in [0.1, 0.15) is 24.7 Å². The van der Waals surface area contributed by atoms with E-state index in [1.54, 1.807) is 6.92 Å². The maximum absolute atomic E-state index is 17.5. The number of carbonyl (C=O) groups excluding carboxylic acids is 4. The number of cyclic esters (lactones) is 1. The number of halogens is 1. The van der Waals surface area contributed by atoms with Crippen LogP contribution in [0.15, 0.2) is 42.5 Å². The highest BCUT2D eigenvalue weighted by Crippen LogP contribution is 2.42. The lowest BCUT2D eigenvalue weighted by Crippen LogP contribution is -2.62. The summed E-state index contributed by atoms with van der Waals surface area (Å²) in [5.74, 6) is 0.0374. The largest absolute Gasteiger partial charge is 0.458 e. The molecule has 312 valence electrons. The summed E-state index contributed by atoms with van der Waals surface area (Å²) in [6.45, 7) is 11.9. The summed E-state index contributed by atoms with van der Waals surface area (Å²) in [6.07, 6.45) is -6.15.